The Morgan fingerprint density at radius 2 is 2.00 bits per heavy atom. The Morgan fingerprint density at radius 3 is 2.62 bits per heavy atom. The summed E-state index contributed by atoms with van der Waals surface area (Å²) in [4.78, 5) is 2.73. The zero-order valence-electron chi connectivity index (χ0n) is 13.2. The van der Waals surface area contributed by atoms with Crippen molar-refractivity contribution in [3.8, 4) is 0 Å². The van der Waals surface area contributed by atoms with E-state index in [0.717, 1.165) is 31.0 Å². The zero-order valence-corrected chi connectivity index (χ0v) is 14.8. The Balaban J connectivity index is 1.70. The van der Waals surface area contributed by atoms with Gasteiger partial charge in [0.1, 0.15) is 0 Å². The molecular formula is C18H27BrN2. The van der Waals surface area contributed by atoms with Gasteiger partial charge in [0.05, 0.1) is 0 Å². The van der Waals surface area contributed by atoms with Crippen LogP contribution in [0.2, 0.25) is 0 Å². The van der Waals surface area contributed by atoms with Crippen molar-refractivity contribution < 1.29 is 0 Å². The molecule has 2 fully saturated rings. The van der Waals surface area contributed by atoms with Crippen molar-refractivity contribution in [2.75, 3.05) is 13.1 Å². The van der Waals surface area contributed by atoms with Gasteiger partial charge >= 0.3 is 0 Å². The summed E-state index contributed by atoms with van der Waals surface area (Å²) in [6.07, 6.45) is 4.12. The number of nitrogens with zero attached hydrogens (tertiary/aromatic N) is 1. The first-order valence-corrected chi connectivity index (χ1v) is 9.18. The first-order valence-electron chi connectivity index (χ1n) is 8.39. The second-order valence-corrected chi connectivity index (χ2v) is 7.78. The fourth-order valence-corrected chi connectivity index (χ4v) is 3.77. The van der Waals surface area contributed by atoms with E-state index in [9.17, 15) is 0 Å². The van der Waals surface area contributed by atoms with Gasteiger partial charge in [-0.1, -0.05) is 48.3 Å². The normalized spacial score (nSPS) is 28.5. The number of nitrogens with one attached hydrogen (secondary N) is 1. The molecule has 0 amide bonds. The zero-order chi connectivity index (χ0) is 14.8. The molecule has 2 nitrogen and oxygen atoms in total. The molecule has 21 heavy (non-hydrogen) atoms. The number of benzene rings is 1. The van der Waals surface area contributed by atoms with Crippen LogP contribution in [0.25, 0.3) is 0 Å². The standard InChI is InChI=1S/C18H27BrN2/c1-3-13(2)18-10-20-17(15-6-7-15)12-21(18)11-14-4-8-16(19)9-5-14/h4-5,8-9,13,15,17-18,20H,3,6-7,10-12H2,1-2H3. The minimum absolute atomic E-state index is 0.675. The third-order valence-electron chi connectivity index (χ3n) is 5.28. The molecule has 0 bridgehead atoms. The van der Waals surface area contributed by atoms with E-state index in [1.165, 1.54) is 35.8 Å². The monoisotopic (exact) mass is 350 g/mol. The molecule has 1 saturated heterocycles. The fraction of sp³-hybridized carbons (Fsp3) is 0.667. The Hall–Kier alpha value is -0.380. The number of rotatable bonds is 5. The molecule has 1 heterocycles. The summed E-state index contributed by atoms with van der Waals surface area (Å²) in [7, 11) is 0. The highest BCUT2D eigenvalue weighted by atomic mass is 79.9. The summed E-state index contributed by atoms with van der Waals surface area (Å²) in [5, 5.41) is 3.82. The second-order valence-electron chi connectivity index (χ2n) is 6.86. The van der Waals surface area contributed by atoms with Gasteiger partial charge in [0, 0.05) is 36.2 Å². The van der Waals surface area contributed by atoms with Crippen LogP contribution < -0.4 is 5.32 Å². The van der Waals surface area contributed by atoms with Gasteiger partial charge < -0.3 is 5.32 Å². The van der Waals surface area contributed by atoms with E-state index >= 15 is 0 Å². The molecule has 1 N–H and O–H groups in total. The van der Waals surface area contributed by atoms with Crippen molar-refractivity contribution in [3.05, 3.63) is 34.3 Å². The van der Waals surface area contributed by atoms with Gasteiger partial charge in [-0.05, 0) is 42.4 Å². The molecule has 1 saturated carbocycles. The molecule has 116 valence electrons. The van der Waals surface area contributed by atoms with Gasteiger partial charge in [-0.2, -0.15) is 0 Å². The summed E-state index contributed by atoms with van der Waals surface area (Å²) in [5.41, 5.74) is 1.43. The van der Waals surface area contributed by atoms with Crippen molar-refractivity contribution in [1.29, 1.82) is 0 Å². The first-order chi connectivity index (χ1) is 10.2. The Kier molecular flexibility index (Phi) is 5.03. The fourth-order valence-electron chi connectivity index (χ4n) is 3.51. The van der Waals surface area contributed by atoms with E-state index in [1.807, 2.05) is 0 Å². The summed E-state index contributed by atoms with van der Waals surface area (Å²) in [6.45, 7) is 8.18. The van der Waals surface area contributed by atoms with Gasteiger partial charge in [0.15, 0.2) is 0 Å². The van der Waals surface area contributed by atoms with Crippen LogP contribution in [0, 0.1) is 11.8 Å². The molecule has 2 aliphatic rings. The molecule has 1 aromatic carbocycles. The maximum atomic E-state index is 3.82. The van der Waals surface area contributed by atoms with Crippen molar-refractivity contribution in [2.24, 2.45) is 11.8 Å². The van der Waals surface area contributed by atoms with E-state index in [4.69, 9.17) is 0 Å². The van der Waals surface area contributed by atoms with E-state index in [0.29, 0.717) is 6.04 Å². The molecule has 1 aliphatic carbocycles. The number of halogens is 1. The molecule has 3 unspecified atom stereocenters. The van der Waals surface area contributed by atoms with Crippen LogP contribution in [-0.4, -0.2) is 30.1 Å². The molecular weight excluding hydrogens is 324 g/mol. The third kappa shape index (κ3) is 3.88. The quantitative estimate of drug-likeness (QED) is 0.861. The largest absolute Gasteiger partial charge is 0.311 e. The van der Waals surface area contributed by atoms with E-state index in [1.54, 1.807) is 0 Å². The number of hydrogen-bond donors (Lipinski definition) is 1. The summed E-state index contributed by atoms with van der Waals surface area (Å²) in [6, 6.07) is 10.2. The van der Waals surface area contributed by atoms with Gasteiger partial charge in [-0.25, -0.2) is 0 Å². The summed E-state index contributed by atoms with van der Waals surface area (Å²) in [5.74, 6) is 1.70. The first kappa shape index (κ1) is 15.5. The van der Waals surface area contributed by atoms with Gasteiger partial charge in [0.25, 0.3) is 0 Å². The summed E-state index contributed by atoms with van der Waals surface area (Å²) >= 11 is 3.53. The molecule has 3 heteroatoms. The van der Waals surface area contributed by atoms with Crippen LogP contribution >= 0.6 is 15.9 Å². The number of hydrogen-bond acceptors (Lipinski definition) is 2. The molecule has 3 rings (SSSR count). The van der Waals surface area contributed by atoms with E-state index < -0.39 is 0 Å². The van der Waals surface area contributed by atoms with E-state index in [-0.39, 0.29) is 0 Å². The highest BCUT2D eigenvalue weighted by molar-refractivity contribution is 9.10. The lowest BCUT2D eigenvalue weighted by molar-refractivity contribution is 0.0787. The van der Waals surface area contributed by atoms with E-state index in [2.05, 4.69) is 64.3 Å². The van der Waals surface area contributed by atoms with Crippen LogP contribution in [0.1, 0.15) is 38.7 Å². The average molecular weight is 351 g/mol. The minimum atomic E-state index is 0.675. The van der Waals surface area contributed by atoms with Crippen LogP contribution in [-0.2, 0) is 6.54 Å². The van der Waals surface area contributed by atoms with Gasteiger partial charge in [0.2, 0.25) is 0 Å². The third-order valence-corrected chi connectivity index (χ3v) is 5.81. The average Bonchev–Trinajstić information content (AvgIpc) is 3.33. The molecule has 0 spiro atoms. The maximum absolute atomic E-state index is 3.82. The molecule has 1 aliphatic heterocycles. The van der Waals surface area contributed by atoms with Crippen LogP contribution in [0.3, 0.4) is 0 Å². The summed E-state index contributed by atoms with van der Waals surface area (Å²) < 4.78 is 1.17. The molecule has 0 radical (unpaired) electrons. The van der Waals surface area contributed by atoms with Crippen LogP contribution in [0.4, 0.5) is 0 Å². The van der Waals surface area contributed by atoms with Crippen molar-refractivity contribution in [2.45, 2.75) is 51.7 Å². The molecule has 3 atom stereocenters. The smallest absolute Gasteiger partial charge is 0.0250 e. The number of piperazine rings is 1. The van der Waals surface area contributed by atoms with Gasteiger partial charge in [-0.15, -0.1) is 0 Å². The van der Waals surface area contributed by atoms with Crippen molar-refractivity contribution in [3.63, 3.8) is 0 Å². The Morgan fingerprint density at radius 1 is 1.29 bits per heavy atom. The maximum Gasteiger partial charge on any atom is 0.0250 e. The minimum Gasteiger partial charge on any atom is -0.311 e. The Bertz CT molecular complexity index is 455. The highest BCUT2D eigenvalue weighted by Crippen LogP contribution is 2.35. The highest BCUT2D eigenvalue weighted by Gasteiger charge is 2.38. The lowest BCUT2D eigenvalue weighted by Crippen LogP contribution is -2.58. The second kappa shape index (κ2) is 6.80. The lowest BCUT2D eigenvalue weighted by atomic mass is 9.93. The van der Waals surface area contributed by atoms with Crippen LogP contribution in [0.5, 0.6) is 0 Å². The van der Waals surface area contributed by atoms with Gasteiger partial charge in [-0.3, -0.25) is 4.90 Å². The Labute approximate surface area is 137 Å². The predicted molar refractivity (Wildman–Crippen MR) is 92.3 cm³/mol. The lowest BCUT2D eigenvalue weighted by Gasteiger charge is -2.43. The molecule has 1 aromatic rings. The predicted octanol–water partition coefficient (Wildman–Crippen LogP) is 4.05. The topological polar surface area (TPSA) is 15.3 Å². The SMILES string of the molecule is CCC(C)C1CNC(C2CC2)CN1Cc1ccc(Br)cc1. The van der Waals surface area contributed by atoms with Crippen molar-refractivity contribution >= 4 is 15.9 Å². The van der Waals surface area contributed by atoms with Crippen LogP contribution in [0.15, 0.2) is 28.7 Å². The van der Waals surface area contributed by atoms with Crippen molar-refractivity contribution in [1.82, 2.24) is 10.2 Å². The molecule has 0 aromatic heterocycles.